The maximum absolute atomic E-state index is 10.7. The van der Waals surface area contributed by atoms with Gasteiger partial charge in [-0.3, -0.25) is 4.79 Å². The molecule has 0 unspecified atom stereocenters. The monoisotopic (exact) mass is 131 g/mol. The highest BCUT2D eigenvalue weighted by molar-refractivity contribution is 6.14. The summed E-state index contributed by atoms with van der Waals surface area (Å²) in [5.74, 6) is 0.277. The second-order valence-corrected chi connectivity index (χ2v) is 2.84. The maximum atomic E-state index is 10.7. The van der Waals surface area contributed by atoms with Gasteiger partial charge in [-0.15, -0.1) is 0 Å². The van der Waals surface area contributed by atoms with E-state index in [1.165, 1.54) is 0 Å². The Labute approximate surface area is 53.4 Å². The van der Waals surface area contributed by atoms with Crippen molar-refractivity contribution in [2.75, 3.05) is 6.54 Å². The van der Waals surface area contributed by atoms with Crippen LogP contribution >= 0.6 is 0 Å². The maximum Gasteiger partial charge on any atom is 0.213 e. The van der Waals surface area contributed by atoms with Gasteiger partial charge < -0.3 is 4.57 Å². The predicted molar refractivity (Wildman–Crippen MR) is 37.6 cm³/mol. The highest BCUT2D eigenvalue weighted by Gasteiger charge is 1.99. The van der Waals surface area contributed by atoms with Crippen molar-refractivity contribution in [3.8, 4) is 0 Å². The molecule has 0 rings (SSSR count). The Hall–Kier alpha value is -0.313. The van der Waals surface area contributed by atoms with Gasteiger partial charge in [0.1, 0.15) is 10.4 Å². The molecule has 48 valence electrons. The molecule has 3 heteroatoms. The van der Waals surface area contributed by atoms with E-state index in [1.54, 1.807) is 0 Å². The first kappa shape index (κ1) is 7.69. The van der Waals surface area contributed by atoms with Gasteiger partial charge in [0.25, 0.3) is 0 Å². The van der Waals surface area contributed by atoms with E-state index in [9.17, 15) is 4.79 Å². The van der Waals surface area contributed by atoms with Crippen molar-refractivity contribution in [3.05, 3.63) is 0 Å². The van der Waals surface area contributed by atoms with Gasteiger partial charge >= 0.3 is 0 Å². The van der Waals surface area contributed by atoms with E-state index in [0.29, 0.717) is 6.42 Å². The largest absolute Gasteiger partial charge is 0.378 e. The van der Waals surface area contributed by atoms with E-state index in [2.05, 4.69) is 0 Å². The lowest BCUT2D eigenvalue weighted by atomic mass is 10.4. The number of carbonyl (C=O) groups is 1. The molecule has 0 aliphatic heterocycles. The van der Waals surface area contributed by atoms with E-state index >= 15 is 0 Å². The molecular formula is C5H13NOSi. The molecule has 0 bridgehead atoms. The first-order valence-electron chi connectivity index (χ1n) is 2.96. The van der Waals surface area contributed by atoms with Gasteiger partial charge in [0.2, 0.25) is 5.91 Å². The summed E-state index contributed by atoms with van der Waals surface area (Å²) < 4.78 is 1.85. The van der Waals surface area contributed by atoms with Crippen LogP contribution in [0.5, 0.6) is 0 Å². The molecule has 0 fully saturated rings. The van der Waals surface area contributed by atoms with Crippen LogP contribution in [0.15, 0.2) is 0 Å². The Morgan fingerprint density at radius 2 is 2.12 bits per heavy atom. The van der Waals surface area contributed by atoms with E-state index in [4.69, 9.17) is 0 Å². The topological polar surface area (TPSA) is 20.3 Å². The van der Waals surface area contributed by atoms with Crippen LogP contribution in [0.2, 0.25) is 0 Å². The van der Waals surface area contributed by atoms with Gasteiger partial charge in [-0.1, -0.05) is 6.92 Å². The third-order valence-electron chi connectivity index (χ3n) is 1.20. The molecule has 0 aromatic carbocycles. The smallest absolute Gasteiger partial charge is 0.213 e. The third kappa shape index (κ3) is 2.11. The Kier molecular flexibility index (Phi) is 3.52. The van der Waals surface area contributed by atoms with E-state index in [0.717, 1.165) is 16.9 Å². The molecule has 8 heavy (non-hydrogen) atoms. The average molecular weight is 131 g/mol. The number of hydrogen-bond donors (Lipinski definition) is 0. The summed E-state index contributed by atoms with van der Waals surface area (Å²) in [5, 5.41) is 0. The van der Waals surface area contributed by atoms with Gasteiger partial charge in [0, 0.05) is 13.0 Å². The molecule has 1 amide bonds. The van der Waals surface area contributed by atoms with Crippen molar-refractivity contribution in [2.24, 2.45) is 0 Å². The van der Waals surface area contributed by atoms with Crippen LogP contribution in [-0.2, 0) is 4.79 Å². The normalized spacial score (nSPS) is 9.25. The molecule has 0 saturated carbocycles. The van der Waals surface area contributed by atoms with Crippen LogP contribution in [0.4, 0.5) is 0 Å². The highest BCUT2D eigenvalue weighted by Crippen LogP contribution is 1.85. The average Bonchev–Trinajstić information content (AvgIpc) is 1.84. The number of nitrogens with zero attached hydrogens (tertiary/aromatic N) is 1. The zero-order valence-electron chi connectivity index (χ0n) is 5.77. The van der Waals surface area contributed by atoms with Crippen molar-refractivity contribution >= 4 is 16.3 Å². The zero-order valence-corrected chi connectivity index (χ0v) is 7.77. The molecule has 0 atom stereocenters. The summed E-state index contributed by atoms with van der Waals surface area (Å²) in [6.07, 6.45) is 0.650. The predicted octanol–water partition coefficient (Wildman–Crippen LogP) is -0.475. The van der Waals surface area contributed by atoms with Crippen LogP contribution < -0.4 is 0 Å². The van der Waals surface area contributed by atoms with Gasteiger partial charge in [-0.2, -0.15) is 0 Å². The molecule has 0 N–H and O–H groups in total. The van der Waals surface area contributed by atoms with Crippen LogP contribution in [0.3, 0.4) is 0 Å². The van der Waals surface area contributed by atoms with Crippen LogP contribution in [-0.4, -0.2) is 27.4 Å². The summed E-state index contributed by atoms with van der Waals surface area (Å²) in [4.78, 5) is 10.7. The Morgan fingerprint density at radius 1 is 1.62 bits per heavy atom. The quantitative estimate of drug-likeness (QED) is 0.464. The molecule has 0 radical (unpaired) electrons. The van der Waals surface area contributed by atoms with Gasteiger partial charge in [0.15, 0.2) is 0 Å². The summed E-state index contributed by atoms with van der Waals surface area (Å²) in [5.41, 5.74) is 0. The number of rotatable bonds is 2. The molecular weight excluding hydrogens is 118 g/mol. The Morgan fingerprint density at radius 3 is 2.25 bits per heavy atom. The van der Waals surface area contributed by atoms with E-state index in [-0.39, 0.29) is 5.91 Å². The molecule has 0 saturated heterocycles. The van der Waals surface area contributed by atoms with Crippen LogP contribution in [0.1, 0.15) is 20.3 Å². The van der Waals surface area contributed by atoms with E-state index < -0.39 is 0 Å². The lowest BCUT2D eigenvalue weighted by Gasteiger charge is -2.12. The summed E-state index contributed by atoms with van der Waals surface area (Å²) in [6, 6.07) is 0. The molecule has 0 aliphatic carbocycles. The zero-order chi connectivity index (χ0) is 6.57. The standard InChI is InChI=1S/C5H13NOSi/c1-3-5(7)6(8)4-2/h3-4H2,1-2,8H3. The Balaban J connectivity index is 3.46. The fraction of sp³-hybridized carbons (Fsp3) is 0.800. The fourth-order valence-electron chi connectivity index (χ4n) is 0.446. The lowest BCUT2D eigenvalue weighted by molar-refractivity contribution is -0.126. The van der Waals surface area contributed by atoms with Gasteiger partial charge in [0.05, 0.1) is 0 Å². The van der Waals surface area contributed by atoms with Gasteiger partial charge in [-0.05, 0) is 6.92 Å². The molecule has 0 spiro atoms. The summed E-state index contributed by atoms with van der Waals surface area (Å²) in [6.45, 7) is 4.77. The van der Waals surface area contributed by atoms with Crippen LogP contribution in [0, 0.1) is 0 Å². The van der Waals surface area contributed by atoms with Crippen LogP contribution in [0.25, 0.3) is 0 Å². The molecule has 2 nitrogen and oxygen atoms in total. The summed E-state index contributed by atoms with van der Waals surface area (Å²) in [7, 11) is 0.867. The minimum atomic E-state index is 0.277. The molecule has 0 aromatic rings. The molecule has 0 aromatic heterocycles. The second-order valence-electron chi connectivity index (χ2n) is 1.76. The molecule has 0 heterocycles. The highest BCUT2D eigenvalue weighted by atomic mass is 28.2. The number of hydrogen-bond acceptors (Lipinski definition) is 1. The summed E-state index contributed by atoms with van der Waals surface area (Å²) >= 11 is 0. The minimum Gasteiger partial charge on any atom is -0.378 e. The third-order valence-corrected chi connectivity index (χ3v) is 2.33. The van der Waals surface area contributed by atoms with Crippen molar-refractivity contribution < 1.29 is 4.79 Å². The number of carbonyl (C=O) groups excluding carboxylic acids is 1. The lowest BCUT2D eigenvalue weighted by Crippen LogP contribution is -2.26. The molecule has 0 aliphatic rings. The Bertz CT molecular complexity index is 84.5. The van der Waals surface area contributed by atoms with Crippen molar-refractivity contribution in [3.63, 3.8) is 0 Å². The first-order valence-corrected chi connectivity index (χ1v) is 3.85. The first-order chi connectivity index (χ1) is 3.72. The van der Waals surface area contributed by atoms with E-state index in [1.807, 2.05) is 18.4 Å². The van der Waals surface area contributed by atoms with Crippen molar-refractivity contribution in [1.82, 2.24) is 4.57 Å². The SMILES string of the molecule is CCC(=O)N([SiH3])CC. The second kappa shape index (κ2) is 3.66. The van der Waals surface area contributed by atoms with Crippen molar-refractivity contribution in [2.45, 2.75) is 20.3 Å². The minimum absolute atomic E-state index is 0.277. The number of amides is 1. The fourth-order valence-corrected chi connectivity index (χ4v) is 0.762. The van der Waals surface area contributed by atoms with Crippen molar-refractivity contribution in [1.29, 1.82) is 0 Å². The van der Waals surface area contributed by atoms with Gasteiger partial charge in [-0.25, -0.2) is 0 Å².